The van der Waals surface area contributed by atoms with Crippen molar-refractivity contribution in [2.75, 3.05) is 0 Å². The zero-order valence-corrected chi connectivity index (χ0v) is 16.6. The highest BCUT2D eigenvalue weighted by atomic mass is 79.9. The molecule has 0 radical (unpaired) electrons. The molecule has 1 fully saturated rings. The number of carbonyl (C=O) groups excluding carboxylic acids is 1. The van der Waals surface area contributed by atoms with Crippen molar-refractivity contribution in [3.8, 4) is 5.75 Å². The third-order valence-corrected chi connectivity index (χ3v) is 6.00. The van der Waals surface area contributed by atoms with E-state index in [1.54, 1.807) is 0 Å². The summed E-state index contributed by atoms with van der Waals surface area (Å²) in [4.78, 5) is 12.0. The van der Waals surface area contributed by atoms with E-state index in [1.165, 1.54) is 11.1 Å². The zero-order valence-electron chi connectivity index (χ0n) is 15.0. The van der Waals surface area contributed by atoms with Crippen LogP contribution in [0.25, 0.3) is 0 Å². The fourth-order valence-corrected chi connectivity index (χ4v) is 4.56. The number of carbonyl (C=O) groups is 1. The van der Waals surface area contributed by atoms with E-state index in [0.717, 1.165) is 39.8 Å². The molecule has 0 spiro atoms. The number of rotatable bonds is 3. The lowest BCUT2D eigenvalue weighted by Crippen LogP contribution is -2.20. The van der Waals surface area contributed by atoms with Crippen molar-refractivity contribution in [1.82, 2.24) is 0 Å². The van der Waals surface area contributed by atoms with E-state index in [9.17, 15) is 4.79 Å². The predicted octanol–water partition coefficient (Wildman–Crippen LogP) is 5.36. The molecule has 2 aromatic carbocycles. The minimum Gasteiger partial charge on any atom is -0.489 e. The molecular formula is C22H21BrO3. The minimum absolute atomic E-state index is 0.0911. The van der Waals surface area contributed by atoms with E-state index in [4.69, 9.17) is 9.47 Å². The molecule has 1 aliphatic carbocycles. The van der Waals surface area contributed by atoms with Crippen molar-refractivity contribution in [1.29, 1.82) is 0 Å². The third-order valence-electron chi connectivity index (χ3n) is 5.50. The average molecular weight is 413 g/mol. The molecule has 0 amide bonds. The number of aryl methyl sites for hydroxylation is 1. The van der Waals surface area contributed by atoms with E-state index in [-0.39, 0.29) is 18.0 Å². The van der Waals surface area contributed by atoms with Gasteiger partial charge in [-0.25, -0.2) is 4.79 Å². The summed E-state index contributed by atoms with van der Waals surface area (Å²) in [5.74, 6) is 0.689. The molecule has 0 N–H and O–H groups in total. The molecule has 3 nitrogen and oxygen atoms in total. The molecule has 4 heteroatoms. The second kappa shape index (κ2) is 6.58. The van der Waals surface area contributed by atoms with Crippen LogP contribution in [0, 0.1) is 19.8 Å². The number of halogens is 1. The third kappa shape index (κ3) is 2.86. The van der Waals surface area contributed by atoms with E-state index in [2.05, 4.69) is 48.5 Å². The van der Waals surface area contributed by atoms with Crippen LogP contribution in [-0.4, -0.2) is 5.97 Å². The second-order valence-corrected chi connectivity index (χ2v) is 8.04. The largest absolute Gasteiger partial charge is 0.489 e. The first-order valence-corrected chi connectivity index (χ1v) is 9.65. The average Bonchev–Trinajstić information content (AvgIpc) is 2.91. The summed E-state index contributed by atoms with van der Waals surface area (Å²) in [5.41, 5.74) is 6.39. The van der Waals surface area contributed by atoms with Crippen molar-refractivity contribution in [3.63, 3.8) is 0 Å². The van der Waals surface area contributed by atoms with Crippen molar-refractivity contribution in [3.05, 3.63) is 74.8 Å². The molecule has 1 aliphatic heterocycles. The molecule has 0 saturated carbocycles. The monoisotopic (exact) mass is 412 g/mol. The first kappa shape index (κ1) is 17.3. The predicted molar refractivity (Wildman–Crippen MR) is 104 cm³/mol. The Bertz CT molecular complexity index is 916. The molecule has 26 heavy (non-hydrogen) atoms. The smallest absolute Gasteiger partial charge is 0.334 e. The van der Waals surface area contributed by atoms with Crippen LogP contribution < -0.4 is 4.74 Å². The van der Waals surface area contributed by atoms with Crippen molar-refractivity contribution in [2.24, 2.45) is 5.92 Å². The van der Waals surface area contributed by atoms with Gasteiger partial charge in [-0.3, -0.25) is 0 Å². The van der Waals surface area contributed by atoms with E-state index >= 15 is 0 Å². The Kier molecular flexibility index (Phi) is 4.39. The lowest BCUT2D eigenvalue weighted by Gasteiger charge is -2.30. The van der Waals surface area contributed by atoms with E-state index in [0.29, 0.717) is 12.2 Å². The maximum absolute atomic E-state index is 12.0. The van der Waals surface area contributed by atoms with Gasteiger partial charge in [-0.2, -0.15) is 0 Å². The van der Waals surface area contributed by atoms with Gasteiger partial charge in [0.1, 0.15) is 18.5 Å². The molecule has 2 aromatic rings. The Morgan fingerprint density at radius 2 is 2.12 bits per heavy atom. The number of esters is 1. The van der Waals surface area contributed by atoms with Gasteiger partial charge in [0.05, 0.1) is 0 Å². The van der Waals surface area contributed by atoms with Crippen LogP contribution in [-0.2, 0) is 22.6 Å². The molecule has 134 valence electrons. The Hall–Kier alpha value is -2.07. The molecule has 1 heterocycles. The summed E-state index contributed by atoms with van der Waals surface area (Å²) in [6.07, 6.45) is 1.65. The Labute approximate surface area is 162 Å². The first-order valence-electron chi connectivity index (χ1n) is 8.85. The molecule has 0 bridgehead atoms. The molecule has 2 atom stereocenters. The molecule has 0 unspecified atom stereocenters. The van der Waals surface area contributed by atoms with Crippen LogP contribution in [0.5, 0.6) is 5.75 Å². The molecule has 1 saturated heterocycles. The number of fused-ring (bicyclic) bond motifs is 3. The van der Waals surface area contributed by atoms with Crippen LogP contribution in [0.1, 0.15) is 40.3 Å². The second-order valence-electron chi connectivity index (χ2n) is 7.12. The summed E-state index contributed by atoms with van der Waals surface area (Å²) in [6.45, 7) is 8.61. The molecule has 0 aromatic heterocycles. The van der Waals surface area contributed by atoms with Gasteiger partial charge in [-0.1, -0.05) is 34.6 Å². The SMILES string of the molecule is C=C1C(=O)O[C@H]2c3c(C)c(OCc4cccc(Br)c4)cc(C)c3CC[C@@H]12. The van der Waals surface area contributed by atoms with Gasteiger partial charge in [0.2, 0.25) is 0 Å². The van der Waals surface area contributed by atoms with Crippen LogP contribution in [0.4, 0.5) is 0 Å². The van der Waals surface area contributed by atoms with Crippen LogP contribution in [0.15, 0.2) is 47.0 Å². The zero-order chi connectivity index (χ0) is 18.4. The molecule has 4 rings (SSSR count). The first-order chi connectivity index (χ1) is 12.5. The van der Waals surface area contributed by atoms with Crippen LogP contribution >= 0.6 is 15.9 Å². The van der Waals surface area contributed by atoms with E-state index < -0.39 is 0 Å². The fourth-order valence-electron chi connectivity index (χ4n) is 4.11. The number of ether oxygens (including phenoxy) is 2. The Morgan fingerprint density at radius 1 is 1.31 bits per heavy atom. The summed E-state index contributed by atoms with van der Waals surface area (Å²) in [5, 5.41) is 0. The van der Waals surface area contributed by atoms with Gasteiger partial charge in [-0.05, 0) is 67.1 Å². The molecular weight excluding hydrogens is 392 g/mol. The van der Waals surface area contributed by atoms with Crippen molar-refractivity contribution < 1.29 is 14.3 Å². The maximum Gasteiger partial charge on any atom is 0.334 e. The van der Waals surface area contributed by atoms with Gasteiger partial charge in [0, 0.05) is 21.5 Å². The summed E-state index contributed by atoms with van der Waals surface area (Å²) < 4.78 is 12.9. The lowest BCUT2D eigenvalue weighted by molar-refractivity contribution is -0.139. The van der Waals surface area contributed by atoms with Gasteiger partial charge in [0.15, 0.2) is 0 Å². The Morgan fingerprint density at radius 3 is 2.88 bits per heavy atom. The van der Waals surface area contributed by atoms with E-state index in [1.807, 2.05) is 18.2 Å². The summed E-state index contributed by atoms with van der Waals surface area (Å²) in [6, 6.07) is 10.2. The van der Waals surface area contributed by atoms with Gasteiger partial charge in [-0.15, -0.1) is 0 Å². The van der Waals surface area contributed by atoms with Gasteiger partial charge in [0.25, 0.3) is 0 Å². The van der Waals surface area contributed by atoms with Crippen molar-refractivity contribution >= 4 is 21.9 Å². The normalized spacial score (nSPS) is 21.2. The lowest BCUT2D eigenvalue weighted by atomic mass is 9.76. The van der Waals surface area contributed by atoms with Crippen LogP contribution in [0.2, 0.25) is 0 Å². The highest BCUT2D eigenvalue weighted by molar-refractivity contribution is 9.10. The maximum atomic E-state index is 12.0. The van der Waals surface area contributed by atoms with Gasteiger partial charge < -0.3 is 9.47 Å². The summed E-state index contributed by atoms with van der Waals surface area (Å²) in [7, 11) is 0. The van der Waals surface area contributed by atoms with Crippen molar-refractivity contribution in [2.45, 2.75) is 39.4 Å². The highest BCUT2D eigenvalue weighted by Gasteiger charge is 2.44. The van der Waals surface area contributed by atoms with Gasteiger partial charge >= 0.3 is 5.97 Å². The Balaban J connectivity index is 1.68. The highest BCUT2D eigenvalue weighted by Crippen LogP contribution is 2.49. The summed E-state index contributed by atoms with van der Waals surface area (Å²) >= 11 is 3.49. The minimum atomic E-state index is -0.259. The topological polar surface area (TPSA) is 35.5 Å². The van der Waals surface area contributed by atoms with Crippen LogP contribution in [0.3, 0.4) is 0 Å². The molecule has 2 aliphatic rings. The standard InChI is InChI=1S/C22H21BrO3/c1-12-9-19(25-11-15-5-4-6-16(23)10-15)14(3)20-17(12)7-8-18-13(2)22(24)26-21(18)20/h4-6,9-10,18,21H,2,7-8,11H2,1,3H3/t18-,21+/m0/s1. The number of hydrogen-bond acceptors (Lipinski definition) is 3. The quantitative estimate of drug-likeness (QED) is 0.502. The fraction of sp³-hybridized carbons (Fsp3) is 0.318. The number of hydrogen-bond donors (Lipinski definition) is 0. The number of benzene rings is 2.